The van der Waals surface area contributed by atoms with Gasteiger partial charge in [-0.1, -0.05) is 32.0 Å². The predicted molar refractivity (Wildman–Crippen MR) is 101 cm³/mol. The molecule has 0 fully saturated rings. The molecule has 0 bridgehead atoms. The molecule has 0 saturated carbocycles. The molecule has 0 aliphatic rings. The number of hydrogen-bond acceptors (Lipinski definition) is 5. The minimum absolute atomic E-state index is 0.00996. The molecule has 0 saturated heterocycles. The maximum atomic E-state index is 12.6. The SMILES string of the molecule is CC[C@H](C)Cc1c(C)sc2nc(SCCn3cccn3)[nH]c(=O)c12. The summed E-state index contributed by atoms with van der Waals surface area (Å²) in [6.45, 7) is 7.30. The van der Waals surface area contributed by atoms with Gasteiger partial charge in [0.1, 0.15) is 4.83 Å². The highest BCUT2D eigenvalue weighted by atomic mass is 32.2. The van der Waals surface area contributed by atoms with Crippen LogP contribution >= 0.6 is 23.1 Å². The van der Waals surface area contributed by atoms with Crippen molar-refractivity contribution in [3.05, 3.63) is 39.3 Å². The van der Waals surface area contributed by atoms with Crippen LogP contribution in [0.25, 0.3) is 10.2 Å². The second-order valence-corrected chi connectivity index (χ2v) is 8.31. The number of H-pyrrole nitrogens is 1. The van der Waals surface area contributed by atoms with Crippen LogP contribution in [-0.2, 0) is 13.0 Å². The second-order valence-electron chi connectivity index (χ2n) is 6.02. The lowest BCUT2D eigenvalue weighted by atomic mass is 9.98. The highest BCUT2D eigenvalue weighted by Gasteiger charge is 2.16. The Morgan fingerprint density at radius 1 is 1.46 bits per heavy atom. The van der Waals surface area contributed by atoms with E-state index >= 15 is 0 Å². The van der Waals surface area contributed by atoms with Crippen molar-refractivity contribution in [1.29, 1.82) is 0 Å². The standard InChI is InChI=1S/C17H22N4OS2/c1-4-11(2)10-13-12(3)24-16-14(13)15(22)19-17(20-16)23-9-8-21-7-5-6-18-21/h5-7,11H,4,8-10H2,1-3H3,(H,19,20,22)/t11-/m0/s1. The van der Waals surface area contributed by atoms with Gasteiger partial charge in [-0.3, -0.25) is 9.48 Å². The van der Waals surface area contributed by atoms with Gasteiger partial charge in [-0.2, -0.15) is 5.10 Å². The molecular formula is C17H22N4OS2. The first kappa shape index (κ1) is 17.2. The molecule has 0 spiro atoms. The molecular weight excluding hydrogens is 340 g/mol. The molecule has 0 radical (unpaired) electrons. The molecule has 7 heteroatoms. The van der Waals surface area contributed by atoms with Gasteiger partial charge in [0.2, 0.25) is 0 Å². The van der Waals surface area contributed by atoms with Crippen LogP contribution in [0.15, 0.2) is 28.4 Å². The Labute approximate surface area is 149 Å². The summed E-state index contributed by atoms with van der Waals surface area (Å²) in [6.07, 6.45) is 5.76. The molecule has 0 unspecified atom stereocenters. The topological polar surface area (TPSA) is 63.6 Å². The van der Waals surface area contributed by atoms with Gasteiger partial charge in [-0.25, -0.2) is 4.98 Å². The summed E-state index contributed by atoms with van der Waals surface area (Å²) in [4.78, 5) is 22.3. The lowest BCUT2D eigenvalue weighted by Crippen LogP contribution is -2.11. The van der Waals surface area contributed by atoms with E-state index in [0.29, 0.717) is 11.1 Å². The summed E-state index contributed by atoms with van der Waals surface area (Å²) >= 11 is 3.19. The number of rotatable bonds is 7. The molecule has 3 rings (SSSR count). The number of thioether (sulfide) groups is 1. The molecule has 128 valence electrons. The van der Waals surface area contributed by atoms with Crippen molar-refractivity contribution in [2.75, 3.05) is 5.75 Å². The zero-order valence-electron chi connectivity index (χ0n) is 14.2. The zero-order valence-corrected chi connectivity index (χ0v) is 15.8. The smallest absolute Gasteiger partial charge is 0.260 e. The summed E-state index contributed by atoms with van der Waals surface area (Å²) in [7, 11) is 0. The van der Waals surface area contributed by atoms with E-state index in [4.69, 9.17) is 0 Å². The largest absolute Gasteiger partial charge is 0.301 e. The fourth-order valence-electron chi connectivity index (χ4n) is 2.63. The molecule has 3 aromatic heterocycles. The van der Waals surface area contributed by atoms with Crippen LogP contribution in [0.1, 0.15) is 30.7 Å². The van der Waals surface area contributed by atoms with Crippen LogP contribution in [0.2, 0.25) is 0 Å². The number of aryl methyl sites for hydroxylation is 2. The lowest BCUT2D eigenvalue weighted by molar-refractivity contribution is 0.561. The number of nitrogens with zero attached hydrogens (tertiary/aromatic N) is 3. The van der Waals surface area contributed by atoms with Crippen molar-refractivity contribution in [1.82, 2.24) is 19.7 Å². The number of thiophene rings is 1. The van der Waals surface area contributed by atoms with Gasteiger partial charge in [-0.15, -0.1) is 11.3 Å². The first-order chi connectivity index (χ1) is 11.6. The highest BCUT2D eigenvalue weighted by Crippen LogP contribution is 2.30. The van der Waals surface area contributed by atoms with E-state index in [9.17, 15) is 4.79 Å². The number of nitrogens with one attached hydrogen (secondary N) is 1. The summed E-state index contributed by atoms with van der Waals surface area (Å²) in [5.41, 5.74) is 1.16. The Hall–Kier alpha value is -1.60. The Bertz CT molecular complexity index is 867. The molecule has 1 N–H and O–H groups in total. The van der Waals surface area contributed by atoms with Crippen molar-refractivity contribution in [2.24, 2.45) is 5.92 Å². The number of fused-ring (bicyclic) bond motifs is 1. The average Bonchev–Trinajstić information content (AvgIpc) is 3.16. The maximum absolute atomic E-state index is 12.6. The molecule has 3 aromatic rings. The number of aromatic amines is 1. The van der Waals surface area contributed by atoms with Crippen molar-refractivity contribution >= 4 is 33.3 Å². The zero-order chi connectivity index (χ0) is 17.1. The minimum atomic E-state index is -0.00996. The third kappa shape index (κ3) is 3.72. The van der Waals surface area contributed by atoms with Gasteiger partial charge in [0.25, 0.3) is 5.56 Å². The second kappa shape index (κ2) is 7.53. The molecule has 0 amide bonds. The molecule has 0 aliphatic carbocycles. The van der Waals surface area contributed by atoms with Crippen LogP contribution in [0, 0.1) is 12.8 Å². The number of aromatic nitrogens is 4. The van der Waals surface area contributed by atoms with Crippen LogP contribution < -0.4 is 5.56 Å². The van der Waals surface area contributed by atoms with Crippen LogP contribution in [-0.4, -0.2) is 25.5 Å². The Balaban J connectivity index is 1.81. The van der Waals surface area contributed by atoms with E-state index in [-0.39, 0.29) is 5.56 Å². The van der Waals surface area contributed by atoms with Crippen molar-refractivity contribution in [3.8, 4) is 0 Å². The van der Waals surface area contributed by atoms with E-state index in [1.54, 1.807) is 29.3 Å². The monoisotopic (exact) mass is 362 g/mol. The van der Waals surface area contributed by atoms with Gasteiger partial charge < -0.3 is 4.98 Å². The van der Waals surface area contributed by atoms with E-state index in [2.05, 4.69) is 35.8 Å². The Morgan fingerprint density at radius 2 is 2.29 bits per heavy atom. The summed E-state index contributed by atoms with van der Waals surface area (Å²) < 4.78 is 1.88. The third-order valence-corrected chi connectivity index (χ3v) is 6.10. The third-order valence-electron chi connectivity index (χ3n) is 4.21. The average molecular weight is 363 g/mol. The summed E-state index contributed by atoms with van der Waals surface area (Å²) in [6, 6.07) is 1.91. The quantitative estimate of drug-likeness (QED) is 0.512. The molecule has 1 atom stereocenters. The first-order valence-corrected chi connectivity index (χ1v) is 10.0. The van der Waals surface area contributed by atoms with Crippen molar-refractivity contribution in [2.45, 2.75) is 45.3 Å². The van der Waals surface area contributed by atoms with E-state index in [1.165, 1.54) is 10.4 Å². The summed E-state index contributed by atoms with van der Waals surface area (Å²) in [5, 5.41) is 5.66. The van der Waals surface area contributed by atoms with Gasteiger partial charge in [0, 0.05) is 23.0 Å². The Kier molecular flexibility index (Phi) is 5.40. The van der Waals surface area contributed by atoms with Gasteiger partial charge in [0.05, 0.1) is 11.9 Å². The van der Waals surface area contributed by atoms with Gasteiger partial charge in [0.15, 0.2) is 5.16 Å². The lowest BCUT2D eigenvalue weighted by Gasteiger charge is -2.08. The van der Waals surface area contributed by atoms with E-state index < -0.39 is 0 Å². The van der Waals surface area contributed by atoms with E-state index in [0.717, 1.165) is 35.4 Å². The normalized spacial score (nSPS) is 12.8. The molecule has 5 nitrogen and oxygen atoms in total. The summed E-state index contributed by atoms with van der Waals surface area (Å²) in [5.74, 6) is 1.39. The Morgan fingerprint density at radius 3 is 3.00 bits per heavy atom. The molecule has 0 aliphatic heterocycles. The highest BCUT2D eigenvalue weighted by molar-refractivity contribution is 7.99. The van der Waals surface area contributed by atoms with Gasteiger partial charge >= 0.3 is 0 Å². The maximum Gasteiger partial charge on any atom is 0.260 e. The predicted octanol–water partition coefficient (Wildman–Crippen LogP) is 3.87. The fraction of sp³-hybridized carbons (Fsp3) is 0.471. The minimum Gasteiger partial charge on any atom is -0.301 e. The molecule has 0 aromatic carbocycles. The first-order valence-electron chi connectivity index (χ1n) is 8.21. The van der Waals surface area contributed by atoms with E-state index in [1.807, 2.05) is 16.9 Å². The van der Waals surface area contributed by atoms with Gasteiger partial charge in [-0.05, 0) is 30.9 Å². The fourth-order valence-corrected chi connectivity index (χ4v) is 4.53. The van der Waals surface area contributed by atoms with Crippen LogP contribution in [0.4, 0.5) is 0 Å². The van der Waals surface area contributed by atoms with Crippen LogP contribution in [0.3, 0.4) is 0 Å². The number of hydrogen-bond donors (Lipinski definition) is 1. The van der Waals surface area contributed by atoms with Crippen molar-refractivity contribution in [3.63, 3.8) is 0 Å². The molecule has 24 heavy (non-hydrogen) atoms. The molecule has 3 heterocycles. The van der Waals surface area contributed by atoms with Crippen molar-refractivity contribution < 1.29 is 0 Å². The van der Waals surface area contributed by atoms with Crippen LogP contribution in [0.5, 0.6) is 0 Å².